The maximum absolute atomic E-state index is 12.6. The Labute approximate surface area is 113 Å². The highest BCUT2D eigenvalue weighted by atomic mass is 16.1. The fraction of sp³-hybridized carbons (Fsp3) is 0.938. The van der Waals surface area contributed by atoms with Crippen LogP contribution in [-0.4, -0.2) is 29.3 Å². The molecule has 2 heteroatoms. The van der Waals surface area contributed by atoms with Crippen molar-refractivity contribution in [2.24, 2.45) is 0 Å². The van der Waals surface area contributed by atoms with Crippen LogP contribution in [-0.2, 0) is 4.79 Å². The summed E-state index contributed by atoms with van der Waals surface area (Å²) in [6.07, 6.45) is 10.3. The largest absolute Gasteiger partial charge is 0.298 e. The number of nitrogens with zero attached hydrogens (tertiary/aromatic N) is 1. The second kappa shape index (κ2) is 7.93. The molecule has 1 aliphatic rings. The molecule has 1 rings (SSSR count). The number of Topliss-reactive ketones (excluding diaryl/α,β-unsaturated/α-hetero) is 1. The number of unbranched alkanes of at least 4 members (excludes halogenated alkanes) is 3. The van der Waals surface area contributed by atoms with Gasteiger partial charge in [0.15, 0.2) is 5.78 Å². The Morgan fingerprint density at radius 3 is 2.11 bits per heavy atom. The zero-order chi connectivity index (χ0) is 13.4. The summed E-state index contributed by atoms with van der Waals surface area (Å²) in [5.74, 6) is 0.528. The van der Waals surface area contributed by atoms with Crippen molar-refractivity contribution >= 4 is 5.78 Å². The third-order valence-electron chi connectivity index (χ3n) is 4.58. The molecule has 2 nitrogen and oxygen atoms in total. The molecule has 0 aromatic carbocycles. The Morgan fingerprint density at radius 1 is 1.00 bits per heavy atom. The zero-order valence-corrected chi connectivity index (χ0v) is 12.6. The topological polar surface area (TPSA) is 20.3 Å². The van der Waals surface area contributed by atoms with Gasteiger partial charge in [-0.1, -0.05) is 52.9 Å². The fourth-order valence-electron chi connectivity index (χ4n) is 3.51. The molecule has 0 atom stereocenters. The summed E-state index contributed by atoms with van der Waals surface area (Å²) in [5.41, 5.74) is -0.0876. The van der Waals surface area contributed by atoms with Crippen molar-refractivity contribution in [3.8, 4) is 0 Å². The molecule has 0 bridgehead atoms. The highest BCUT2D eigenvalue weighted by molar-refractivity contribution is 5.88. The highest BCUT2D eigenvalue weighted by Crippen LogP contribution is 2.37. The van der Waals surface area contributed by atoms with E-state index in [0.717, 1.165) is 38.8 Å². The minimum atomic E-state index is -0.0876. The van der Waals surface area contributed by atoms with Crippen LogP contribution in [0.5, 0.6) is 0 Å². The molecule has 106 valence electrons. The van der Waals surface area contributed by atoms with Crippen molar-refractivity contribution in [3.63, 3.8) is 0 Å². The van der Waals surface area contributed by atoms with Crippen LogP contribution in [0.4, 0.5) is 0 Å². The van der Waals surface area contributed by atoms with Gasteiger partial charge < -0.3 is 0 Å². The molecule has 0 aliphatic heterocycles. The quantitative estimate of drug-likeness (QED) is 0.575. The summed E-state index contributed by atoms with van der Waals surface area (Å²) in [7, 11) is 0. The van der Waals surface area contributed by atoms with E-state index in [1.165, 1.54) is 32.1 Å². The first-order valence-corrected chi connectivity index (χ1v) is 7.99. The Morgan fingerprint density at radius 2 is 1.61 bits per heavy atom. The predicted molar refractivity (Wildman–Crippen MR) is 77.9 cm³/mol. The van der Waals surface area contributed by atoms with E-state index >= 15 is 0 Å². The minimum absolute atomic E-state index is 0.0876. The number of rotatable bonds is 9. The summed E-state index contributed by atoms with van der Waals surface area (Å²) in [5, 5.41) is 0. The van der Waals surface area contributed by atoms with Gasteiger partial charge in [0.05, 0.1) is 5.54 Å². The van der Waals surface area contributed by atoms with E-state index in [1.54, 1.807) is 0 Å². The van der Waals surface area contributed by atoms with Crippen LogP contribution >= 0.6 is 0 Å². The summed E-state index contributed by atoms with van der Waals surface area (Å²) >= 11 is 0. The average Bonchev–Trinajstić information content (AvgIpc) is 2.86. The molecule has 1 aliphatic carbocycles. The molecule has 0 N–H and O–H groups in total. The van der Waals surface area contributed by atoms with Gasteiger partial charge >= 0.3 is 0 Å². The van der Waals surface area contributed by atoms with Gasteiger partial charge in [-0.05, 0) is 32.4 Å². The van der Waals surface area contributed by atoms with Crippen molar-refractivity contribution in [2.45, 2.75) is 84.1 Å². The maximum Gasteiger partial charge on any atom is 0.153 e. The van der Waals surface area contributed by atoms with Crippen molar-refractivity contribution in [1.29, 1.82) is 0 Å². The molecular formula is C16H31NO. The van der Waals surface area contributed by atoms with E-state index in [4.69, 9.17) is 0 Å². The van der Waals surface area contributed by atoms with Gasteiger partial charge in [-0.25, -0.2) is 0 Å². The normalized spacial score (nSPS) is 18.4. The monoisotopic (exact) mass is 253 g/mol. The number of hydrogen-bond acceptors (Lipinski definition) is 2. The van der Waals surface area contributed by atoms with Crippen molar-refractivity contribution in [3.05, 3.63) is 0 Å². The molecule has 0 unspecified atom stereocenters. The zero-order valence-electron chi connectivity index (χ0n) is 12.6. The van der Waals surface area contributed by atoms with Crippen LogP contribution in [0.2, 0.25) is 0 Å². The van der Waals surface area contributed by atoms with Crippen LogP contribution in [0, 0.1) is 0 Å². The molecule has 0 spiro atoms. The first kappa shape index (κ1) is 15.7. The third-order valence-corrected chi connectivity index (χ3v) is 4.58. The lowest BCUT2D eigenvalue weighted by Crippen LogP contribution is -2.52. The van der Waals surface area contributed by atoms with E-state index in [2.05, 4.69) is 25.7 Å². The van der Waals surface area contributed by atoms with Crippen molar-refractivity contribution < 1.29 is 4.79 Å². The fourth-order valence-corrected chi connectivity index (χ4v) is 3.51. The van der Waals surface area contributed by atoms with Gasteiger partial charge in [-0.2, -0.15) is 0 Å². The van der Waals surface area contributed by atoms with Crippen molar-refractivity contribution in [2.75, 3.05) is 13.1 Å². The van der Waals surface area contributed by atoms with Gasteiger partial charge in [-0.15, -0.1) is 0 Å². The smallest absolute Gasteiger partial charge is 0.153 e. The van der Waals surface area contributed by atoms with Crippen LogP contribution in [0.3, 0.4) is 0 Å². The molecule has 0 heterocycles. The van der Waals surface area contributed by atoms with Gasteiger partial charge in [0.1, 0.15) is 0 Å². The first-order chi connectivity index (χ1) is 8.71. The second-order valence-corrected chi connectivity index (χ2v) is 5.64. The molecular weight excluding hydrogens is 222 g/mol. The molecule has 1 saturated carbocycles. The summed E-state index contributed by atoms with van der Waals surface area (Å²) in [4.78, 5) is 15.1. The average molecular weight is 253 g/mol. The Balaban J connectivity index is 2.57. The molecule has 0 amide bonds. The standard InChI is InChI=1S/C16H31NO/c1-4-7-8-9-12-15(18)16(13-10-11-14-16)17(5-2)6-3/h4-14H2,1-3H3. The van der Waals surface area contributed by atoms with E-state index in [-0.39, 0.29) is 5.54 Å². The van der Waals surface area contributed by atoms with E-state index in [1.807, 2.05) is 0 Å². The summed E-state index contributed by atoms with van der Waals surface area (Å²) in [6, 6.07) is 0. The SMILES string of the molecule is CCCCCCC(=O)C1(N(CC)CC)CCCC1. The lowest BCUT2D eigenvalue weighted by atomic mass is 9.86. The predicted octanol–water partition coefficient (Wildman–Crippen LogP) is 4.18. The maximum atomic E-state index is 12.6. The minimum Gasteiger partial charge on any atom is -0.298 e. The van der Waals surface area contributed by atoms with Gasteiger partial charge in [0, 0.05) is 6.42 Å². The molecule has 0 aromatic rings. The van der Waals surface area contributed by atoms with Crippen molar-refractivity contribution in [1.82, 2.24) is 4.90 Å². The lowest BCUT2D eigenvalue weighted by molar-refractivity contribution is -0.131. The molecule has 0 saturated heterocycles. The first-order valence-electron chi connectivity index (χ1n) is 7.99. The Bertz CT molecular complexity index is 239. The van der Waals surface area contributed by atoms with Crippen LogP contribution in [0.15, 0.2) is 0 Å². The highest BCUT2D eigenvalue weighted by Gasteiger charge is 2.43. The second-order valence-electron chi connectivity index (χ2n) is 5.64. The van der Waals surface area contributed by atoms with Crippen LogP contribution < -0.4 is 0 Å². The number of carbonyl (C=O) groups is 1. The number of hydrogen-bond donors (Lipinski definition) is 0. The lowest BCUT2D eigenvalue weighted by Gasteiger charge is -2.39. The molecule has 18 heavy (non-hydrogen) atoms. The van der Waals surface area contributed by atoms with Gasteiger partial charge in [0.2, 0.25) is 0 Å². The summed E-state index contributed by atoms with van der Waals surface area (Å²) < 4.78 is 0. The van der Waals surface area contributed by atoms with Gasteiger partial charge in [-0.3, -0.25) is 9.69 Å². The number of ketones is 1. The number of carbonyl (C=O) groups excluding carboxylic acids is 1. The Kier molecular flexibility index (Phi) is 6.91. The van der Waals surface area contributed by atoms with E-state index in [0.29, 0.717) is 5.78 Å². The number of likely N-dealkylation sites (N-methyl/N-ethyl adjacent to an activating group) is 1. The van der Waals surface area contributed by atoms with Crippen LogP contribution in [0.1, 0.15) is 78.6 Å². The summed E-state index contributed by atoms with van der Waals surface area (Å²) in [6.45, 7) is 8.62. The van der Waals surface area contributed by atoms with Crippen LogP contribution in [0.25, 0.3) is 0 Å². The molecule has 0 radical (unpaired) electrons. The van der Waals surface area contributed by atoms with E-state index in [9.17, 15) is 4.79 Å². The third kappa shape index (κ3) is 3.57. The van der Waals surface area contributed by atoms with E-state index < -0.39 is 0 Å². The Hall–Kier alpha value is -0.370. The molecule has 0 aromatic heterocycles. The molecule has 1 fully saturated rings. The van der Waals surface area contributed by atoms with Gasteiger partial charge in [0.25, 0.3) is 0 Å².